The maximum absolute atomic E-state index is 11.1. The van der Waals surface area contributed by atoms with Gasteiger partial charge in [0, 0.05) is 25.8 Å². The van der Waals surface area contributed by atoms with Gasteiger partial charge in [-0.25, -0.2) is 14.8 Å². The highest BCUT2D eigenvalue weighted by molar-refractivity contribution is 5.67. The standard InChI is InChI=1S/C11H17N5O2/c1-18-11(17)15-9-3-5-16(7-9)10-13-4-2-8(6-12)14-10/h2,4,9H,3,5-7,12H2,1H3,(H,15,17). The van der Waals surface area contributed by atoms with Gasteiger partial charge in [-0.1, -0.05) is 0 Å². The summed E-state index contributed by atoms with van der Waals surface area (Å²) in [5, 5.41) is 2.77. The van der Waals surface area contributed by atoms with Gasteiger partial charge in [-0.15, -0.1) is 0 Å². The van der Waals surface area contributed by atoms with Crippen LogP contribution < -0.4 is 16.0 Å². The normalized spacial score (nSPS) is 18.8. The van der Waals surface area contributed by atoms with Crippen molar-refractivity contribution in [1.29, 1.82) is 0 Å². The van der Waals surface area contributed by atoms with E-state index in [0.717, 1.165) is 18.7 Å². The lowest BCUT2D eigenvalue weighted by Crippen LogP contribution is -2.37. The molecule has 3 N–H and O–H groups in total. The number of hydrogen-bond acceptors (Lipinski definition) is 6. The molecule has 1 aromatic heterocycles. The van der Waals surface area contributed by atoms with E-state index >= 15 is 0 Å². The first-order chi connectivity index (χ1) is 8.72. The summed E-state index contributed by atoms with van der Waals surface area (Å²) in [6, 6.07) is 1.87. The molecule has 2 heterocycles. The predicted molar refractivity (Wildman–Crippen MR) is 66.1 cm³/mol. The van der Waals surface area contributed by atoms with E-state index in [4.69, 9.17) is 5.73 Å². The molecule has 0 spiro atoms. The van der Waals surface area contributed by atoms with E-state index in [1.54, 1.807) is 12.3 Å². The Morgan fingerprint density at radius 3 is 3.28 bits per heavy atom. The lowest BCUT2D eigenvalue weighted by molar-refractivity contribution is 0.167. The number of alkyl carbamates (subject to hydrolysis) is 1. The van der Waals surface area contributed by atoms with Gasteiger partial charge in [0.1, 0.15) is 0 Å². The maximum Gasteiger partial charge on any atom is 0.407 e. The topological polar surface area (TPSA) is 93.4 Å². The van der Waals surface area contributed by atoms with Crippen molar-refractivity contribution in [2.45, 2.75) is 19.0 Å². The number of nitrogens with one attached hydrogen (secondary N) is 1. The fourth-order valence-corrected chi connectivity index (χ4v) is 1.94. The summed E-state index contributed by atoms with van der Waals surface area (Å²) in [5.74, 6) is 0.659. The van der Waals surface area contributed by atoms with E-state index in [9.17, 15) is 4.79 Å². The molecule has 0 bridgehead atoms. The van der Waals surface area contributed by atoms with Crippen LogP contribution in [0.1, 0.15) is 12.1 Å². The summed E-state index contributed by atoms with van der Waals surface area (Å²) in [6.45, 7) is 1.89. The van der Waals surface area contributed by atoms with Crippen molar-refractivity contribution in [2.24, 2.45) is 5.73 Å². The van der Waals surface area contributed by atoms with Crippen LogP contribution in [0.25, 0.3) is 0 Å². The van der Waals surface area contributed by atoms with Gasteiger partial charge in [-0.3, -0.25) is 0 Å². The third-order valence-corrected chi connectivity index (χ3v) is 2.89. The molecule has 0 radical (unpaired) electrons. The van der Waals surface area contributed by atoms with Crippen molar-refractivity contribution < 1.29 is 9.53 Å². The molecule has 7 nitrogen and oxygen atoms in total. The van der Waals surface area contributed by atoms with Gasteiger partial charge in [0.15, 0.2) is 0 Å². The summed E-state index contributed by atoms with van der Waals surface area (Å²) in [7, 11) is 1.36. The molecular formula is C11H17N5O2. The molecule has 1 unspecified atom stereocenters. The second-order valence-corrected chi connectivity index (χ2v) is 4.12. The molecule has 0 aromatic carbocycles. The zero-order valence-electron chi connectivity index (χ0n) is 10.3. The van der Waals surface area contributed by atoms with Crippen LogP contribution in [-0.2, 0) is 11.3 Å². The lowest BCUT2D eigenvalue weighted by Gasteiger charge is -2.16. The zero-order valence-corrected chi connectivity index (χ0v) is 10.3. The Morgan fingerprint density at radius 2 is 2.56 bits per heavy atom. The predicted octanol–water partition coefficient (Wildman–Crippen LogP) is -0.130. The van der Waals surface area contributed by atoms with Crippen LogP contribution in [0.15, 0.2) is 12.3 Å². The number of nitrogens with zero attached hydrogens (tertiary/aromatic N) is 3. The van der Waals surface area contributed by atoms with E-state index in [2.05, 4.69) is 20.0 Å². The van der Waals surface area contributed by atoms with Gasteiger partial charge < -0.3 is 20.7 Å². The third-order valence-electron chi connectivity index (χ3n) is 2.89. The van der Waals surface area contributed by atoms with Crippen LogP contribution in [0.2, 0.25) is 0 Å². The summed E-state index contributed by atoms with van der Waals surface area (Å²) in [5.41, 5.74) is 6.36. The number of carbonyl (C=O) groups excluding carboxylic acids is 1. The smallest absolute Gasteiger partial charge is 0.407 e. The van der Waals surface area contributed by atoms with Gasteiger partial charge in [0.2, 0.25) is 5.95 Å². The fraction of sp³-hybridized carbons (Fsp3) is 0.545. The first-order valence-corrected chi connectivity index (χ1v) is 5.84. The van der Waals surface area contributed by atoms with Gasteiger partial charge in [0.25, 0.3) is 0 Å². The Hall–Kier alpha value is -1.89. The highest BCUT2D eigenvalue weighted by atomic mass is 16.5. The first kappa shape index (κ1) is 12.6. The molecule has 1 aliphatic heterocycles. The number of amides is 1. The molecule has 2 rings (SSSR count). The molecule has 1 atom stereocenters. The van der Waals surface area contributed by atoms with Crippen molar-refractivity contribution in [2.75, 3.05) is 25.1 Å². The number of anilines is 1. The summed E-state index contributed by atoms with van der Waals surface area (Å²) in [6.07, 6.45) is 2.15. The number of nitrogens with two attached hydrogens (primary N) is 1. The molecule has 7 heteroatoms. The summed E-state index contributed by atoms with van der Waals surface area (Å²) in [4.78, 5) is 21.7. The molecule has 1 saturated heterocycles. The lowest BCUT2D eigenvalue weighted by atomic mass is 10.3. The van der Waals surface area contributed by atoms with Crippen LogP contribution in [0.3, 0.4) is 0 Å². The van der Waals surface area contributed by atoms with E-state index in [1.807, 2.05) is 4.90 Å². The average molecular weight is 251 g/mol. The highest BCUT2D eigenvalue weighted by Crippen LogP contribution is 2.16. The monoisotopic (exact) mass is 251 g/mol. The first-order valence-electron chi connectivity index (χ1n) is 5.84. The number of hydrogen-bond donors (Lipinski definition) is 2. The maximum atomic E-state index is 11.1. The Labute approximate surface area is 105 Å². The van der Waals surface area contributed by atoms with Crippen LogP contribution >= 0.6 is 0 Å². The van der Waals surface area contributed by atoms with Crippen molar-refractivity contribution in [3.05, 3.63) is 18.0 Å². The van der Waals surface area contributed by atoms with E-state index in [0.29, 0.717) is 19.0 Å². The molecule has 0 aliphatic carbocycles. The molecule has 1 aliphatic rings. The van der Waals surface area contributed by atoms with E-state index in [-0.39, 0.29) is 6.04 Å². The van der Waals surface area contributed by atoms with Gasteiger partial charge in [0.05, 0.1) is 18.8 Å². The quantitative estimate of drug-likeness (QED) is 0.777. The second kappa shape index (κ2) is 5.63. The SMILES string of the molecule is COC(=O)NC1CCN(c2nccc(CN)n2)C1. The number of methoxy groups -OCH3 is 1. The van der Waals surface area contributed by atoms with Crippen molar-refractivity contribution in [1.82, 2.24) is 15.3 Å². The molecule has 1 aromatic rings. The Balaban J connectivity index is 1.97. The van der Waals surface area contributed by atoms with E-state index in [1.165, 1.54) is 7.11 Å². The van der Waals surface area contributed by atoms with Gasteiger partial charge >= 0.3 is 6.09 Å². The second-order valence-electron chi connectivity index (χ2n) is 4.12. The van der Waals surface area contributed by atoms with Crippen LogP contribution in [0.5, 0.6) is 0 Å². The molecule has 18 heavy (non-hydrogen) atoms. The van der Waals surface area contributed by atoms with Gasteiger partial charge in [-0.05, 0) is 12.5 Å². The number of rotatable bonds is 3. The third kappa shape index (κ3) is 2.86. The molecular weight excluding hydrogens is 234 g/mol. The minimum atomic E-state index is -0.404. The minimum Gasteiger partial charge on any atom is -0.453 e. The average Bonchev–Trinajstić information content (AvgIpc) is 2.87. The molecule has 98 valence electrons. The van der Waals surface area contributed by atoms with Crippen LogP contribution in [0.4, 0.5) is 10.7 Å². The molecule has 1 fully saturated rings. The zero-order chi connectivity index (χ0) is 13.0. The highest BCUT2D eigenvalue weighted by Gasteiger charge is 2.25. The van der Waals surface area contributed by atoms with Crippen molar-refractivity contribution in [3.8, 4) is 0 Å². The van der Waals surface area contributed by atoms with Crippen LogP contribution in [0, 0.1) is 0 Å². The number of ether oxygens (including phenoxy) is 1. The Morgan fingerprint density at radius 1 is 1.72 bits per heavy atom. The van der Waals surface area contributed by atoms with E-state index < -0.39 is 6.09 Å². The number of carbonyl (C=O) groups is 1. The molecule has 0 saturated carbocycles. The Kier molecular flexibility index (Phi) is 3.93. The molecule has 1 amide bonds. The summed E-state index contributed by atoms with van der Waals surface area (Å²) < 4.78 is 4.57. The summed E-state index contributed by atoms with van der Waals surface area (Å²) >= 11 is 0. The van der Waals surface area contributed by atoms with Crippen molar-refractivity contribution in [3.63, 3.8) is 0 Å². The van der Waals surface area contributed by atoms with Crippen molar-refractivity contribution >= 4 is 12.0 Å². The minimum absolute atomic E-state index is 0.0718. The van der Waals surface area contributed by atoms with Gasteiger partial charge in [-0.2, -0.15) is 0 Å². The number of aromatic nitrogens is 2. The largest absolute Gasteiger partial charge is 0.453 e. The Bertz CT molecular complexity index is 426. The fourth-order valence-electron chi connectivity index (χ4n) is 1.94. The van der Waals surface area contributed by atoms with Crippen LogP contribution in [-0.4, -0.2) is 42.3 Å².